The summed E-state index contributed by atoms with van der Waals surface area (Å²) in [6.07, 6.45) is 0. The summed E-state index contributed by atoms with van der Waals surface area (Å²) in [5.74, 6) is 0.518. The topological polar surface area (TPSA) is 64.4 Å². The number of amides is 1. The van der Waals surface area contributed by atoms with E-state index >= 15 is 0 Å². The highest BCUT2D eigenvalue weighted by Gasteiger charge is 2.09. The molecule has 1 aromatic carbocycles. The molecule has 2 heterocycles. The van der Waals surface area contributed by atoms with Gasteiger partial charge in [-0.25, -0.2) is 0 Å². The summed E-state index contributed by atoms with van der Waals surface area (Å²) in [6.45, 7) is 2.14. The molecule has 0 unspecified atom stereocenters. The van der Waals surface area contributed by atoms with Gasteiger partial charge in [-0.05, 0) is 30.0 Å². The third-order valence-corrected chi connectivity index (χ3v) is 4.11. The molecule has 1 N–H and O–H groups in total. The van der Waals surface area contributed by atoms with Gasteiger partial charge in [0.1, 0.15) is 12.3 Å². The Morgan fingerprint density at radius 2 is 2.17 bits per heavy atom. The molecule has 0 spiro atoms. The number of carbonyl (C=O) groups excluding carboxylic acids is 1. The summed E-state index contributed by atoms with van der Waals surface area (Å²) >= 11 is 1.58. The van der Waals surface area contributed by atoms with E-state index in [1.807, 2.05) is 54.8 Å². The van der Waals surface area contributed by atoms with E-state index < -0.39 is 0 Å². The molecule has 5 nitrogen and oxygen atoms in total. The molecule has 3 aromatic rings. The monoisotopic (exact) mass is 328 g/mol. The minimum atomic E-state index is -0.193. The standard InChI is InChI=1S/C17H16N2O3S/c1-12-5-2-3-6-14(12)18-17(20)11-21-10-13-9-15(22-19-13)16-7-4-8-23-16/h2-9H,10-11H2,1H3,(H,18,20). The molecule has 1 amide bonds. The van der Waals surface area contributed by atoms with Gasteiger partial charge in [0.2, 0.25) is 5.91 Å². The second-order valence-electron chi connectivity index (χ2n) is 5.02. The lowest BCUT2D eigenvalue weighted by atomic mass is 10.2. The number of hydrogen-bond acceptors (Lipinski definition) is 5. The lowest BCUT2D eigenvalue weighted by Crippen LogP contribution is -2.18. The van der Waals surface area contributed by atoms with Gasteiger partial charge in [0.15, 0.2) is 5.76 Å². The van der Waals surface area contributed by atoms with E-state index in [1.54, 1.807) is 11.3 Å². The molecular weight excluding hydrogens is 312 g/mol. The summed E-state index contributed by atoms with van der Waals surface area (Å²) in [4.78, 5) is 12.9. The molecule has 3 rings (SSSR count). The average Bonchev–Trinajstić information content (AvgIpc) is 3.20. The van der Waals surface area contributed by atoms with Crippen molar-refractivity contribution in [1.82, 2.24) is 5.16 Å². The number of para-hydroxylation sites is 1. The van der Waals surface area contributed by atoms with Gasteiger partial charge in [0, 0.05) is 11.8 Å². The number of hydrogen-bond donors (Lipinski definition) is 1. The minimum absolute atomic E-state index is 0.0322. The molecule has 0 saturated heterocycles. The van der Waals surface area contributed by atoms with E-state index in [0.717, 1.165) is 16.1 Å². The van der Waals surface area contributed by atoms with Crippen LogP contribution in [-0.4, -0.2) is 17.7 Å². The smallest absolute Gasteiger partial charge is 0.250 e. The lowest BCUT2D eigenvalue weighted by Gasteiger charge is -2.07. The first kappa shape index (κ1) is 15.5. The summed E-state index contributed by atoms with van der Waals surface area (Å²) in [5, 5.41) is 8.74. The van der Waals surface area contributed by atoms with Crippen molar-refractivity contribution in [3.8, 4) is 10.6 Å². The van der Waals surface area contributed by atoms with Crippen molar-refractivity contribution in [1.29, 1.82) is 0 Å². The van der Waals surface area contributed by atoms with E-state index in [9.17, 15) is 4.79 Å². The van der Waals surface area contributed by atoms with E-state index in [0.29, 0.717) is 11.5 Å². The van der Waals surface area contributed by atoms with Crippen molar-refractivity contribution in [3.05, 3.63) is 59.1 Å². The normalized spacial score (nSPS) is 10.7. The molecule has 0 fully saturated rings. The average molecular weight is 328 g/mol. The van der Waals surface area contributed by atoms with Crippen molar-refractivity contribution < 1.29 is 14.1 Å². The number of thiophene rings is 1. The highest BCUT2D eigenvalue weighted by Crippen LogP contribution is 2.25. The number of aromatic nitrogens is 1. The second-order valence-corrected chi connectivity index (χ2v) is 5.96. The zero-order chi connectivity index (χ0) is 16.1. The van der Waals surface area contributed by atoms with Crippen LogP contribution in [0.3, 0.4) is 0 Å². The zero-order valence-corrected chi connectivity index (χ0v) is 13.4. The van der Waals surface area contributed by atoms with Crippen LogP contribution in [0, 0.1) is 6.92 Å². The second kappa shape index (κ2) is 7.21. The largest absolute Gasteiger partial charge is 0.365 e. The Morgan fingerprint density at radius 1 is 1.30 bits per heavy atom. The maximum Gasteiger partial charge on any atom is 0.250 e. The van der Waals surface area contributed by atoms with Gasteiger partial charge < -0.3 is 14.6 Å². The SMILES string of the molecule is Cc1ccccc1NC(=O)COCc1cc(-c2cccs2)on1. The number of nitrogens with zero attached hydrogens (tertiary/aromatic N) is 1. The van der Waals surface area contributed by atoms with Gasteiger partial charge in [-0.3, -0.25) is 4.79 Å². The first-order valence-corrected chi connectivity index (χ1v) is 8.03. The van der Waals surface area contributed by atoms with Crippen LogP contribution in [-0.2, 0) is 16.1 Å². The van der Waals surface area contributed by atoms with Crippen LogP contribution in [0.25, 0.3) is 10.6 Å². The molecule has 0 saturated carbocycles. The number of rotatable bonds is 6. The predicted molar refractivity (Wildman–Crippen MR) is 89.3 cm³/mol. The highest BCUT2D eigenvalue weighted by atomic mass is 32.1. The summed E-state index contributed by atoms with van der Waals surface area (Å²) in [7, 11) is 0. The molecule has 0 bridgehead atoms. The fourth-order valence-corrected chi connectivity index (χ4v) is 2.74. The first-order chi connectivity index (χ1) is 11.2. The van der Waals surface area contributed by atoms with E-state index in [1.165, 1.54) is 0 Å². The molecule has 23 heavy (non-hydrogen) atoms. The van der Waals surface area contributed by atoms with Crippen LogP contribution in [0.2, 0.25) is 0 Å². The Labute approximate surface area is 137 Å². The number of ether oxygens (including phenoxy) is 1. The van der Waals surface area contributed by atoms with Gasteiger partial charge in [-0.1, -0.05) is 29.4 Å². The van der Waals surface area contributed by atoms with Gasteiger partial charge >= 0.3 is 0 Å². The molecule has 118 valence electrons. The van der Waals surface area contributed by atoms with Gasteiger partial charge in [-0.2, -0.15) is 0 Å². The van der Waals surface area contributed by atoms with Crippen molar-refractivity contribution in [2.45, 2.75) is 13.5 Å². The van der Waals surface area contributed by atoms with Gasteiger partial charge in [0.05, 0.1) is 11.5 Å². The molecule has 0 atom stereocenters. The third kappa shape index (κ3) is 4.06. The van der Waals surface area contributed by atoms with Crippen molar-refractivity contribution in [2.24, 2.45) is 0 Å². The molecular formula is C17H16N2O3S. The number of carbonyl (C=O) groups is 1. The summed E-state index contributed by atoms with van der Waals surface area (Å²) < 4.78 is 10.7. The van der Waals surface area contributed by atoms with Crippen LogP contribution < -0.4 is 5.32 Å². The maximum absolute atomic E-state index is 11.9. The van der Waals surface area contributed by atoms with Crippen molar-refractivity contribution >= 4 is 22.9 Å². The zero-order valence-electron chi connectivity index (χ0n) is 12.6. The molecule has 0 aliphatic rings. The molecule has 6 heteroatoms. The molecule has 0 radical (unpaired) electrons. The molecule has 2 aromatic heterocycles. The van der Waals surface area contributed by atoms with Gasteiger partial charge in [-0.15, -0.1) is 11.3 Å². The highest BCUT2D eigenvalue weighted by molar-refractivity contribution is 7.13. The molecule has 0 aliphatic heterocycles. The van der Waals surface area contributed by atoms with Crippen LogP contribution in [0.1, 0.15) is 11.3 Å². The molecule has 0 aliphatic carbocycles. The predicted octanol–water partition coefficient (Wildman–Crippen LogP) is 3.87. The van der Waals surface area contributed by atoms with E-state index in [4.69, 9.17) is 9.26 Å². The van der Waals surface area contributed by atoms with Crippen LogP contribution in [0.4, 0.5) is 5.69 Å². The fraction of sp³-hybridized carbons (Fsp3) is 0.176. The van der Waals surface area contributed by atoms with Crippen molar-refractivity contribution in [2.75, 3.05) is 11.9 Å². The first-order valence-electron chi connectivity index (χ1n) is 7.15. The Morgan fingerprint density at radius 3 is 2.96 bits per heavy atom. The Bertz CT molecular complexity index is 781. The Hall–Kier alpha value is -2.44. The summed E-state index contributed by atoms with van der Waals surface area (Å²) in [6, 6.07) is 13.4. The van der Waals surface area contributed by atoms with Crippen molar-refractivity contribution in [3.63, 3.8) is 0 Å². The van der Waals surface area contributed by atoms with E-state index in [-0.39, 0.29) is 19.1 Å². The summed E-state index contributed by atoms with van der Waals surface area (Å²) in [5.41, 5.74) is 2.47. The van der Waals surface area contributed by atoms with Crippen LogP contribution >= 0.6 is 11.3 Å². The lowest BCUT2D eigenvalue weighted by molar-refractivity contribution is -0.121. The van der Waals surface area contributed by atoms with Gasteiger partial charge in [0.25, 0.3) is 0 Å². The fourth-order valence-electron chi connectivity index (χ4n) is 2.06. The quantitative estimate of drug-likeness (QED) is 0.746. The minimum Gasteiger partial charge on any atom is -0.365 e. The Kier molecular flexibility index (Phi) is 4.85. The number of aryl methyl sites for hydroxylation is 1. The van der Waals surface area contributed by atoms with Crippen LogP contribution in [0.5, 0.6) is 0 Å². The number of anilines is 1. The van der Waals surface area contributed by atoms with Crippen LogP contribution in [0.15, 0.2) is 52.4 Å². The Balaban J connectivity index is 1.48. The number of nitrogens with one attached hydrogen (secondary N) is 1. The third-order valence-electron chi connectivity index (χ3n) is 3.23. The maximum atomic E-state index is 11.9. The number of benzene rings is 1. The van der Waals surface area contributed by atoms with E-state index in [2.05, 4.69) is 10.5 Å².